The number of nitrogens with zero attached hydrogens (tertiary/aromatic N) is 3. The minimum atomic E-state index is -0.376. The number of thioether (sulfide) groups is 1. The van der Waals surface area contributed by atoms with Gasteiger partial charge in [-0.15, -0.1) is 16.4 Å². The molecular formula is C21H13ClFN5OS2. The molecule has 2 N–H and O–H groups in total. The molecule has 5 rings (SSSR count). The molecule has 0 bridgehead atoms. The zero-order valence-electron chi connectivity index (χ0n) is 15.7. The molecule has 0 saturated heterocycles. The summed E-state index contributed by atoms with van der Waals surface area (Å²) in [5.74, 6) is 0.838. The first kappa shape index (κ1) is 19.9. The second-order valence-electron chi connectivity index (χ2n) is 6.56. The largest absolute Gasteiger partial charge is 0.309 e. The number of halogens is 2. The Labute approximate surface area is 188 Å². The third-order valence-electron chi connectivity index (χ3n) is 4.59. The van der Waals surface area contributed by atoms with Gasteiger partial charge in [0.15, 0.2) is 5.82 Å². The molecule has 31 heavy (non-hydrogen) atoms. The standard InChI is InChI=1S/C21H13ClFN5OS2/c22-14-7-3-1-5-11(14)13-9-30-20-17(13)19(29)24-16(25-20)10-31-21-26-18(27-28-21)12-6-2-4-8-15(12)23/h1-9H,10H2,(H,24,25,29)(H,26,27,28). The maximum Gasteiger partial charge on any atom is 0.260 e. The lowest BCUT2D eigenvalue weighted by Crippen LogP contribution is -2.10. The van der Waals surface area contributed by atoms with Crippen molar-refractivity contribution in [1.29, 1.82) is 0 Å². The monoisotopic (exact) mass is 469 g/mol. The van der Waals surface area contributed by atoms with E-state index in [2.05, 4.69) is 25.1 Å². The molecule has 0 saturated carbocycles. The molecule has 0 radical (unpaired) electrons. The van der Waals surface area contributed by atoms with Gasteiger partial charge in [0.25, 0.3) is 5.56 Å². The molecule has 154 valence electrons. The van der Waals surface area contributed by atoms with Gasteiger partial charge in [-0.25, -0.2) is 14.4 Å². The average molecular weight is 470 g/mol. The Morgan fingerprint density at radius 2 is 1.81 bits per heavy atom. The Bertz CT molecular complexity index is 1460. The summed E-state index contributed by atoms with van der Waals surface area (Å²) < 4.78 is 13.9. The molecule has 10 heteroatoms. The number of aromatic amines is 2. The summed E-state index contributed by atoms with van der Waals surface area (Å²) in [4.78, 5) is 25.2. The number of rotatable bonds is 5. The molecule has 0 aliphatic rings. The van der Waals surface area contributed by atoms with Crippen molar-refractivity contribution in [2.45, 2.75) is 10.9 Å². The number of fused-ring (bicyclic) bond motifs is 1. The first-order valence-electron chi connectivity index (χ1n) is 9.15. The minimum Gasteiger partial charge on any atom is -0.309 e. The summed E-state index contributed by atoms with van der Waals surface area (Å²) >= 11 is 8.99. The predicted octanol–water partition coefficient (Wildman–Crippen LogP) is 5.52. The van der Waals surface area contributed by atoms with Crippen LogP contribution in [-0.4, -0.2) is 25.1 Å². The van der Waals surface area contributed by atoms with Crippen LogP contribution in [0.15, 0.2) is 63.9 Å². The smallest absolute Gasteiger partial charge is 0.260 e. The van der Waals surface area contributed by atoms with Crippen molar-refractivity contribution in [3.05, 3.63) is 80.9 Å². The summed E-state index contributed by atoms with van der Waals surface area (Å²) in [6, 6.07) is 13.7. The normalized spacial score (nSPS) is 11.3. The SMILES string of the molecule is O=c1[nH]c(CSc2n[nH]c(-c3ccccc3F)n2)nc2scc(-c3ccccc3Cl)c12. The molecule has 0 aliphatic carbocycles. The van der Waals surface area contributed by atoms with Gasteiger partial charge in [-0.1, -0.05) is 53.7 Å². The average Bonchev–Trinajstić information content (AvgIpc) is 3.40. The van der Waals surface area contributed by atoms with Gasteiger partial charge in [-0.2, -0.15) is 0 Å². The number of aromatic nitrogens is 5. The molecule has 0 amide bonds. The van der Waals surface area contributed by atoms with Crippen LogP contribution < -0.4 is 5.56 Å². The Morgan fingerprint density at radius 3 is 2.61 bits per heavy atom. The van der Waals surface area contributed by atoms with Crippen molar-refractivity contribution in [2.75, 3.05) is 0 Å². The van der Waals surface area contributed by atoms with Crippen LogP contribution in [0.2, 0.25) is 5.02 Å². The fraction of sp³-hybridized carbons (Fsp3) is 0.0476. The van der Waals surface area contributed by atoms with Gasteiger partial charge in [0, 0.05) is 21.5 Å². The van der Waals surface area contributed by atoms with Crippen LogP contribution >= 0.6 is 34.7 Å². The van der Waals surface area contributed by atoms with Gasteiger partial charge < -0.3 is 4.98 Å². The van der Waals surface area contributed by atoms with Gasteiger partial charge in [0.05, 0.1) is 16.7 Å². The van der Waals surface area contributed by atoms with Crippen LogP contribution in [0, 0.1) is 5.82 Å². The van der Waals surface area contributed by atoms with E-state index >= 15 is 0 Å². The van der Waals surface area contributed by atoms with E-state index in [9.17, 15) is 9.18 Å². The molecule has 0 spiro atoms. The van der Waals surface area contributed by atoms with E-state index in [0.29, 0.717) is 43.4 Å². The summed E-state index contributed by atoms with van der Waals surface area (Å²) in [6.45, 7) is 0. The lowest BCUT2D eigenvalue weighted by Gasteiger charge is -2.03. The molecule has 3 heterocycles. The first-order valence-corrected chi connectivity index (χ1v) is 11.4. The number of nitrogens with one attached hydrogen (secondary N) is 2. The zero-order chi connectivity index (χ0) is 21.4. The molecular weight excluding hydrogens is 457 g/mol. The van der Waals surface area contributed by atoms with Crippen molar-refractivity contribution < 1.29 is 4.39 Å². The molecule has 0 aliphatic heterocycles. The lowest BCUT2D eigenvalue weighted by atomic mass is 10.1. The van der Waals surface area contributed by atoms with E-state index in [4.69, 9.17) is 11.6 Å². The predicted molar refractivity (Wildman–Crippen MR) is 122 cm³/mol. The highest BCUT2D eigenvalue weighted by atomic mass is 35.5. The van der Waals surface area contributed by atoms with Crippen LogP contribution in [0.4, 0.5) is 4.39 Å². The summed E-state index contributed by atoms with van der Waals surface area (Å²) in [7, 11) is 0. The van der Waals surface area contributed by atoms with Crippen LogP contribution in [0.5, 0.6) is 0 Å². The van der Waals surface area contributed by atoms with Gasteiger partial charge in [-0.3, -0.25) is 9.89 Å². The van der Waals surface area contributed by atoms with Crippen LogP contribution in [0.25, 0.3) is 32.7 Å². The van der Waals surface area contributed by atoms with Crippen molar-refractivity contribution in [2.24, 2.45) is 0 Å². The molecule has 0 atom stereocenters. The van der Waals surface area contributed by atoms with Crippen molar-refractivity contribution in [3.63, 3.8) is 0 Å². The number of benzene rings is 2. The Balaban J connectivity index is 1.40. The maximum absolute atomic E-state index is 13.9. The van der Waals surface area contributed by atoms with Gasteiger partial charge in [-0.05, 0) is 18.2 Å². The van der Waals surface area contributed by atoms with Gasteiger partial charge >= 0.3 is 0 Å². The van der Waals surface area contributed by atoms with E-state index < -0.39 is 0 Å². The van der Waals surface area contributed by atoms with E-state index in [0.717, 1.165) is 11.1 Å². The van der Waals surface area contributed by atoms with Crippen LogP contribution in [-0.2, 0) is 5.75 Å². The highest BCUT2D eigenvalue weighted by molar-refractivity contribution is 7.98. The highest BCUT2D eigenvalue weighted by Crippen LogP contribution is 2.35. The van der Waals surface area contributed by atoms with E-state index in [1.54, 1.807) is 24.3 Å². The summed E-state index contributed by atoms with van der Waals surface area (Å²) in [6.07, 6.45) is 0. The molecule has 0 fully saturated rings. The fourth-order valence-corrected chi connectivity index (χ4v) is 5.02. The highest BCUT2D eigenvalue weighted by Gasteiger charge is 2.16. The number of hydrogen-bond acceptors (Lipinski definition) is 6. The fourth-order valence-electron chi connectivity index (χ4n) is 3.16. The van der Waals surface area contributed by atoms with Crippen molar-refractivity contribution in [3.8, 4) is 22.5 Å². The van der Waals surface area contributed by atoms with Crippen LogP contribution in [0.3, 0.4) is 0 Å². The van der Waals surface area contributed by atoms with E-state index in [-0.39, 0.29) is 11.4 Å². The minimum absolute atomic E-state index is 0.223. The third-order valence-corrected chi connectivity index (χ3v) is 6.65. The Kier molecular flexibility index (Phi) is 5.31. The molecule has 3 aromatic heterocycles. The van der Waals surface area contributed by atoms with Crippen molar-refractivity contribution >= 4 is 44.9 Å². The third kappa shape index (κ3) is 3.87. The van der Waals surface area contributed by atoms with Gasteiger partial charge in [0.1, 0.15) is 16.5 Å². The van der Waals surface area contributed by atoms with E-state index in [1.807, 2.05) is 23.6 Å². The Morgan fingerprint density at radius 1 is 1.03 bits per heavy atom. The quantitative estimate of drug-likeness (QED) is 0.331. The molecule has 2 aromatic carbocycles. The van der Waals surface area contributed by atoms with E-state index in [1.165, 1.54) is 29.2 Å². The Hall–Kier alpha value is -3.01. The second-order valence-corrected chi connectivity index (χ2v) is 8.76. The number of hydrogen-bond donors (Lipinski definition) is 2. The summed E-state index contributed by atoms with van der Waals surface area (Å²) in [5.41, 5.74) is 1.69. The molecule has 5 aromatic rings. The van der Waals surface area contributed by atoms with Crippen molar-refractivity contribution in [1.82, 2.24) is 25.1 Å². The summed E-state index contributed by atoms with van der Waals surface area (Å²) in [5, 5.41) is 10.3. The first-order chi connectivity index (χ1) is 15.1. The van der Waals surface area contributed by atoms with Crippen LogP contribution in [0.1, 0.15) is 5.82 Å². The second kappa shape index (κ2) is 8.26. The number of thiophene rings is 1. The molecule has 0 unspecified atom stereocenters. The zero-order valence-corrected chi connectivity index (χ0v) is 18.1. The maximum atomic E-state index is 13.9. The van der Waals surface area contributed by atoms with Gasteiger partial charge in [0.2, 0.25) is 5.16 Å². The lowest BCUT2D eigenvalue weighted by molar-refractivity contribution is 0.630. The number of H-pyrrole nitrogens is 2. The topological polar surface area (TPSA) is 87.3 Å². The molecule has 6 nitrogen and oxygen atoms in total.